The van der Waals surface area contributed by atoms with E-state index in [0.29, 0.717) is 17.1 Å². The summed E-state index contributed by atoms with van der Waals surface area (Å²) >= 11 is 1.57. The molecule has 0 aliphatic heterocycles. The van der Waals surface area contributed by atoms with E-state index >= 15 is 0 Å². The summed E-state index contributed by atoms with van der Waals surface area (Å²) in [6, 6.07) is 16.8. The lowest BCUT2D eigenvalue weighted by atomic mass is 10.3. The molecule has 144 valence electrons. The fourth-order valence-corrected chi connectivity index (χ4v) is 3.49. The fraction of sp³-hybridized carbons (Fsp3) is 0.143. The number of ether oxygens (including phenoxy) is 1. The Morgan fingerprint density at radius 2 is 1.86 bits per heavy atom. The van der Waals surface area contributed by atoms with Gasteiger partial charge in [0.15, 0.2) is 5.75 Å². The standard InChI is InChI=1S/C21H19FN2O3S/c1-27-20-12-24(13-21(26)23-16-9-7-15(22)8-10-16)17(11-19(20)25)14-28-18-5-3-2-4-6-18/h2-12H,13-14H2,1H3,(H,23,26). The number of rotatable bonds is 7. The van der Waals surface area contributed by atoms with E-state index in [1.165, 1.54) is 43.6 Å². The summed E-state index contributed by atoms with van der Waals surface area (Å²) < 4.78 is 19.8. The molecule has 1 amide bonds. The molecule has 3 rings (SSSR count). The number of amides is 1. The third-order valence-corrected chi connectivity index (χ3v) is 5.02. The number of thioether (sulfide) groups is 1. The van der Waals surface area contributed by atoms with Gasteiger partial charge in [0, 0.05) is 28.1 Å². The molecule has 0 aliphatic carbocycles. The normalized spacial score (nSPS) is 10.5. The van der Waals surface area contributed by atoms with Crippen LogP contribution in [-0.4, -0.2) is 17.6 Å². The number of nitrogens with zero attached hydrogens (tertiary/aromatic N) is 1. The van der Waals surface area contributed by atoms with Gasteiger partial charge in [-0.2, -0.15) is 0 Å². The number of hydrogen-bond donors (Lipinski definition) is 1. The van der Waals surface area contributed by atoms with Crippen molar-refractivity contribution in [3.05, 3.63) is 88.6 Å². The van der Waals surface area contributed by atoms with Crippen LogP contribution in [0.1, 0.15) is 5.69 Å². The minimum atomic E-state index is -0.372. The van der Waals surface area contributed by atoms with E-state index in [0.717, 1.165) is 4.90 Å². The predicted octanol–water partition coefficient (Wildman–Crippen LogP) is 3.93. The monoisotopic (exact) mass is 398 g/mol. The second-order valence-electron chi connectivity index (χ2n) is 5.98. The van der Waals surface area contributed by atoms with Crippen LogP contribution in [0.3, 0.4) is 0 Å². The zero-order valence-corrected chi connectivity index (χ0v) is 16.0. The molecule has 3 aromatic rings. The topological polar surface area (TPSA) is 60.3 Å². The maximum atomic E-state index is 13.0. The Kier molecular flexibility index (Phi) is 6.49. The molecule has 7 heteroatoms. The highest BCUT2D eigenvalue weighted by Crippen LogP contribution is 2.22. The van der Waals surface area contributed by atoms with E-state index in [1.807, 2.05) is 30.3 Å². The van der Waals surface area contributed by atoms with Crippen LogP contribution in [0.4, 0.5) is 10.1 Å². The third-order valence-electron chi connectivity index (χ3n) is 3.97. The van der Waals surface area contributed by atoms with Crippen LogP contribution in [0.15, 0.2) is 76.6 Å². The minimum Gasteiger partial charge on any atom is -0.491 e. The first-order chi connectivity index (χ1) is 13.5. The number of methoxy groups -OCH3 is 1. The molecule has 1 heterocycles. The Morgan fingerprint density at radius 1 is 1.14 bits per heavy atom. The Balaban J connectivity index is 1.78. The number of carbonyl (C=O) groups is 1. The van der Waals surface area contributed by atoms with Crippen LogP contribution in [0, 0.1) is 5.82 Å². The number of pyridine rings is 1. The summed E-state index contributed by atoms with van der Waals surface area (Å²) in [6.45, 7) is -0.00129. The average molecular weight is 398 g/mol. The minimum absolute atomic E-state index is 0.00129. The Labute approximate surface area is 166 Å². The summed E-state index contributed by atoms with van der Waals surface area (Å²) in [6.07, 6.45) is 1.54. The molecule has 0 bridgehead atoms. The van der Waals surface area contributed by atoms with Crippen molar-refractivity contribution >= 4 is 23.4 Å². The van der Waals surface area contributed by atoms with Crippen molar-refractivity contribution in [2.45, 2.75) is 17.2 Å². The Morgan fingerprint density at radius 3 is 2.54 bits per heavy atom. The Bertz CT molecular complexity index is 1000. The zero-order valence-electron chi connectivity index (χ0n) is 15.2. The van der Waals surface area contributed by atoms with Gasteiger partial charge in [0.1, 0.15) is 12.4 Å². The van der Waals surface area contributed by atoms with Crippen molar-refractivity contribution < 1.29 is 13.9 Å². The number of halogens is 1. The highest BCUT2D eigenvalue weighted by molar-refractivity contribution is 7.98. The van der Waals surface area contributed by atoms with Gasteiger partial charge in [0.05, 0.1) is 13.3 Å². The molecule has 1 N–H and O–H groups in total. The molecule has 0 saturated carbocycles. The van der Waals surface area contributed by atoms with Crippen LogP contribution < -0.4 is 15.5 Å². The molecule has 5 nitrogen and oxygen atoms in total. The van der Waals surface area contributed by atoms with Gasteiger partial charge >= 0.3 is 0 Å². The number of hydrogen-bond acceptors (Lipinski definition) is 4. The number of nitrogens with one attached hydrogen (secondary N) is 1. The highest BCUT2D eigenvalue weighted by atomic mass is 32.2. The van der Waals surface area contributed by atoms with Gasteiger partial charge in [-0.3, -0.25) is 9.59 Å². The van der Waals surface area contributed by atoms with Crippen molar-refractivity contribution in [2.24, 2.45) is 0 Å². The molecular formula is C21H19FN2O3S. The van der Waals surface area contributed by atoms with Crippen LogP contribution in [-0.2, 0) is 17.1 Å². The van der Waals surface area contributed by atoms with Crippen molar-refractivity contribution in [3.8, 4) is 5.75 Å². The molecule has 0 radical (unpaired) electrons. The maximum absolute atomic E-state index is 13.0. The summed E-state index contributed by atoms with van der Waals surface area (Å²) in [5.74, 6) is 0.0299. The van der Waals surface area contributed by atoms with E-state index in [-0.39, 0.29) is 29.4 Å². The van der Waals surface area contributed by atoms with Crippen molar-refractivity contribution in [3.63, 3.8) is 0 Å². The van der Waals surface area contributed by atoms with Gasteiger partial charge in [-0.1, -0.05) is 18.2 Å². The van der Waals surface area contributed by atoms with E-state index in [2.05, 4.69) is 5.32 Å². The van der Waals surface area contributed by atoms with Gasteiger partial charge in [-0.05, 0) is 36.4 Å². The predicted molar refractivity (Wildman–Crippen MR) is 108 cm³/mol. The van der Waals surface area contributed by atoms with Crippen molar-refractivity contribution in [1.82, 2.24) is 4.57 Å². The molecular weight excluding hydrogens is 379 g/mol. The van der Waals surface area contributed by atoms with Crippen LogP contribution in [0.5, 0.6) is 5.75 Å². The summed E-state index contributed by atoms with van der Waals surface area (Å²) in [5.41, 5.74) is 0.967. The summed E-state index contributed by atoms with van der Waals surface area (Å²) in [4.78, 5) is 25.6. The van der Waals surface area contributed by atoms with E-state index < -0.39 is 0 Å². The lowest BCUT2D eigenvalue weighted by Crippen LogP contribution is -2.22. The molecule has 0 atom stereocenters. The lowest BCUT2D eigenvalue weighted by Gasteiger charge is -2.15. The first-order valence-electron chi connectivity index (χ1n) is 8.56. The second-order valence-corrected chi connectivity index (χ2v) is 7.03. The fourth-order valence-electron chi connectivity index (χ4n) is 2.58. The largest absolute Gasteiger partial charge is 0.491 e. The smallest absolute Gasteiger partial charge is 0.244 e. The zero-order chi connectivity index (χ0) is 19.9. The molecule has 2 aromatic carbocycles. The van der Waals surface area contributed by atoms with Crippen LogP contribution in [0.25, 0.3) is 0 Å². The van der Waals surface area contributed by atoms with Crippen LogP contribution >= 0.6 is 11.8 Å². The average Bonchev–Trinajstić information content (AvgIpc) is 2.70. The number of anilines is 1. The van der Waals surface area contributed by atoms with Gasteiger partial charge in [-0.25, -0.2) is 4.39 Å². The third kappa shape index (κ3) is 5.23. The molecule has 1 aromatic heterocycles. The quantitative estimate of drug-likeness (QED) is 0.613. The van der Waals surface area contributed by atoms with Crippen molar-refractivity contribution in [2.75, 3.05) is 12.4 Å². The van der Waals surface area contributed by atoms with E-state index in [1.54, 1.807) is 16.3 Å². The van der Waals surface area contributed by atoms with E-state index in [4.69, 9.17) is 4.74 Å². The molecule has 28 heavy (non-hydrogen) atoms. The number of carbonyl (C=O) groups excluding carboxylic acids is 1. The second kappa shape index (κ2) is 9.23. The number of benzene rings is 2. The first kappa shape index (κ1) is 19.7. The van der Waals surface area contributed by atoms with Crippen LogP contribution in [0.2, 0.25) is 0 Å². The van der Waals surface area contributed by atoms with Gasteiger partial charge in [-0.15, -0.1) is 11.8 Å². The summed E-state index contributed by atoms with van der Waals surface area (Å²) in [7, 11) is 1.41. The van der Waals surface area contributed by atoms with Gasteiger partial charge < -0.3 is 14.6 Å². The lowest BCUT2D eigenvalue weighted by molar-refractivity contribution is -0.116. The Hall–Kier alpha value is -3.06. The maximum Gasteiger partial charge on any atom is 0.244 e. The van der Waals surface area contributed by atoms with E-state index in [9.17, 15) is 14.0 Å². The van der Waals surface area contributed by atoms with Gasteiger partial charge in [0.25, 0.3) is 0 Å². The molecule has 0 aliphatic rings. The molecule has 0 fully saturated rings. The molecule has 0 saturated heterocycles. The molecule has 0 spiro atoms. The number of aromatic nitrogens is 1. The molecule has 0 unspecified atom stereocenters. The summed E-state index contributed by atoms with van der Waals surface area (Å²) in [5, 5.41) is 2.72. The van der Waals surface area contributed by atoms with Gasteiger partial charge in [0.2, 0.25) is 11.3 Å². The SMILES string of the molecule is COc1cn(CC(=O)Nc2ccc(F)cc2)c(CSc2ccccc2)cc1=O. The first-order valence-corrected chi connectivity index (χ1v) is 9.54. The highest BCUT2D eigenvalue weighted by Gasteiger charge is 2.11. The van der Waals surface area contributed by atoms with Crippen molar-refractivity contribution in [1.29, 1.82) is 0 Å².